The number of hydrogen-bond acceptors (Lipinski definition) is 4. The van der Waals surface area contributed by atoms with Gasteiger partial charge >= 0.3 is 0 Å². The first-order chi connectivity index (χ1) is 15.1. The number of nitrogens with zero attached hydrogens (tertiary/aromatic N) is 3. The largest absolute Gasteiger partial charge is 0.353 e. The molecule has 2 aromatic rings. The number of piperazine rings is 1. The van der Waals surface area contributed by atoms with Gasteiger partial charge in [0.1, 0.15) is 0 Å². The summed E-state index contributed by atoms with van der Waals surface area (Å²) in [5.74, 6) is -0.0313. The van der Waals surface area contributed by atoms with Crippen molar-refractivity contribution in [3.8, 4) is 0 Å². The van der Waals surface area contributed by atoms with E-state index in [-0.39, 0.29) is 24.3 Å². The van der Waals surface area contributed by atoms with Gasteiger partial charge in [-0.25, -0.2) is 0 Å². The fourth-order valence-electron chi connectivity index (χ4n) is 5.46. The Morgan fingerprint density at radius 1 is 1.19 bits per heavy atom. The minimum absolute atomic E-state index is 0.00452. The number of aromatic amines is 1. The second-order valence-electron chi connectivity index (χ2n) is 9.16. The van der Waals surface area contributed by atoms with E-state index in [1.54, 1.807) is 4.90 Å². The molecule has 0 saturated carbocycles. The summed E-state index contributed by atoms with van der Waals surface area (Å²) in [5, 5.41) is 10.6. The molecule has 0 bridgehead atoms. The Bertz CT molecular complexity index is 959. The van der Waals surface area contributed by atoms with Gasteiger partial charge in [-0.1, -0.05) is 24.3 Å². The van der Waals surface area contributed by atoms with E-state index >= 15 is 0 Å². The molecule has 2 amide bonds. The van der Waals surface area contributed by atoms with Gasteiger partial charge in [-0.2, -0.15) is 5.10 Å². The molecular weight excluding hydrogens is 390 g/mol. The summed E-state index contributed by atoms with van der Waals surface area (Å²) in [7, 11) is 1.82. The molecule has 2 aliphatic carbocycles. The molecule has 0 spiro atoms. The van der Waals surface area contributed by atoms with Gasteiger partial charge in [0.25, 0.3) is 0 Å². The average molecular weight is 422 g/mol. The van der Waals surface area contributed by atoms with Crippen LogP contribution in [0.2, 0.25) is 0 Å². The summed E-state index contributed by atoms with van der Waals surface area (Å²) in [4.78, 5) is 29.9. The van der Waals surface area contributed by atoms with Crippen molar-refractivity contribution in [3.63, 3.8) is 0 Å². The first-order valence-corrected chi connectivity index (χ1v) is 11.5. The molecule has 1 aliphatic heterocycles. The predicted molar refractivity (Wildman–Crippen MR) is 117 cm³/mol. The summed E-state index contributed by atoms with van der Waals surface area (Å²) >= 11 is 0. The minimum Gasteiger partial charge on any atom is -0.353 e. The zero-order valence-electron chi connectivity index (χ0n) is 18.2. The van der Waals surface area contributed by atoms with Crippen LogP contribution in [0.25, 0.3) is 0 Å². The molecule has 1 aromatic carbocycles. The van der Waals surface area contributed by atoms with Gasteiger partial charge in [0.15, 0.2) is 0 Å². The van der Waals surface area contributed by atoms with Crippen LogP contribution >= 0.6 is 0 Å². The van der Waals surface area contributed by atoms with Gasteiger partial charge < -0.3 is 10.2 Å². The zero-order valence-corrected chi connectivity index (χ0v) is 18.2. The lowest BCUT2D eigenvalue weighted by Crippen LogP contribution is -2.59. The lowest BCUT2D eigenvalue weighted by atomic mass is 9.96. The number of fused-ring (bicyclic) bond motifs is 2. The number of hydrogen-bond donors (Lipinski definition) is 2. The Morgan fingerprint density at radius 2 is 1.94 bits per heavy atom. The second-order valence-corrected chi connectivity index (χ2v) is 9.16. The number of carbonyl (C=O) groups excluding carboxylic acids is 2. The van der Waals surface area contributed by atoms with Crippen LogP contribution in [0, 0.1) is 0 Å². The van der Waals surface area contributed by atoms with Gasteiger partial charge in [-0.15, -0.1) is 0 Å². The lowest BCUT2D eigenvalue weighted by Gasteiger charge is -2.39. The fourth-order valence-corrected chi connectivity index (χ4v) is 5.46. The number of nitrogens with one attached hydrogen (secondary N) is 2. The maximum atomic E-state index is 13.1. The highest BCUT2D eigenvalue weighted by Crippen LogP contribution is 2.28. The van der Waals surface area contributed by atoms with E-state index < -0.39 is 6.04 Å². The number of amides is 2. The van der Waals surface area contributed by atoms with Crippen LogP contribution in [0.1, 0.15) is 47.3 Å². The topological polar surface area (TPSA) is 81.3 Å². The van der Waals surface area contributed by atoms with Gasteiger partial charge in [-0.3, -0.25) is 19.6 Å². The highest BCUT2D eigenvalue weighted by atomic mass is 16.2. The summed E-state index contributed by atoms with van der Waals surface area (Å²) in [6.45, 7) is 1.93. The monoisotopic (exact) mass is 421 g/mol. The third-order valence-corrected chi connectivity index (χ3v) is 7.19. The Kier molecular flexibility index (Phi) is 5.52. The van der Waals surface area contributed by atoms with Crippen molar-refractivity contribution in [3.05, 3.63) is 52.3 Å². The molecule has 31 heavy (non-hydrogen) atoms. The van der Waals surface area contributed by atoms with E-state index in [9.17, 15) is 9.59 Å². The van der Waals surface area contributed by atoms with Crippen molar-refractivity contribution < 1.29 is 9.59 Å². The molecule has 1 aromatic heterocycles. The normalized spacial score (nSPS) is 21.5. The maximum absolute atomic E-state index is 13.1. The molecule has 3 aliphatic rings. The number of rotatable bonds is 5. The molecule has 1 saturated heterocycles. The Hall–Kier alpha value is -2.67. The molecule has 0 radical (unpaired) electrons. The third-order valence-electron chi connectivity index (χ3n) is 7.19. The lowest BCUT2D eigenvalue weighted by molar-refractivity contribution is -0.139. The summed E-state index contributed by atoms with van der Waals surface area (Å²) in [6.07, 6.45) is 6.55. The van der Waals surface area contributed by atoms with E-state index in [2.05, 4.69) is 44.7 Å². The highest BCUT2D eigenvalue weighted by Gasteiger charge is 2.38. The molecule has 7 heteroatoms. The Labute approximate surface area is 183 Å². The fraction of sp³-hybridized carbons (Fsp3) is 0.542. The van der Waals surface area contributed by atoms with E-state index in [1.807, 2.05) is 7.05 Å². The maximum Gasteiger partial charge on any atom is 0.237 e. The number of aromatic nitrogens is 2. The quantitative estimate of drug-likeness (QED) is 0.769. The van der Waals surface area contributed by atoms with Crippen LogP contribution in [0.3, 0.4) is 0 Å². The van der Waals surface area contributed by atoms with Gasteiger partial charge in [-0.05, 0) is 55.2 Å². The molecule has 1 atom stereocenters. The van der Waals surface area contributed by atoms with Crippen molar-refractivity contribution in [1.82, 2.24) is 25.3 Å². The van der Waals surface area contributed by atoms with E-state index in [1.165, 1.54) is 35.2 Å². The average Bonchev–Trinajstić information content (AvgIpc) is 3.39. The molecule has 1 fully saturated rings. The molecule has 7 nitrogen and oxygen atoms in total. The van der Waals surface area contributed by atoms with Crippen LogP contribution in [0.15, 0.2) is 24.3 Å². The molecular formula is C24H31N5O2. The zero-order chi connectivity index (χ0) is 21.4. The van der Waals surface area contributed by atoms with Crippen LogP contribution in [0.5, 0.6) is 0 Å². The molecule has 164 valence electrons. The molecule has 0 unspecified atom stereocenters. The van der Waals surface area contributed by atoms with Gasteiger partial charge in [0.2, 0.25) is 11.8 Å². The van der Waals surface area contributed by atoms with Crippen molar-refractivity contribution in [1.29, 1.82) is 0 Å². The first kappa shape index (κ1) is 20.2. The number of benzene rings is 1. The van der Waals surface area contributed by atoms with E-state index in [0.717, 1.165) is 37.9 Å². The van der Waals surface area contributed by atoms with Crippen LogP contribution in [-0.4, -0.2) is 64.0 Å². The number of aryl methyl sites for hydroxylation is 1. The molecule has 5 rings (SSSR count). The highest BCUT2D eigenvalue weighted by molar-refractivity contribution is 5.88. The predicted octanol–water partition coefficient (Wildman–Crippen LogP) is 1.60. The van der Waals surface area contributed by atoms with Crippen molar-refractivity contribution in [2.75, 3.05) is 20.1 Å². The number of H-pyrrole nitrogens is 1. The number of carbonyl (C=O) groups is 2. The van der Waals surface area contributed by atoms with Gasteiger partial charge in [0, 0.05) is 31.9 Å². The minimum atomic E-state index is -0.406. The standard InChI is InChI=1S/C24H31N5O2/c1-28(15-21-19-8-4-5-9-20(19)26-27-21)23(30)14-22-24(31)25-10-11-29(22)18-12-16-6-2-3-7-17(16)13-18/h2-3,6-7,18,22H,4-5,8-15H2,1H3,(H,25,31)(H,26,27)/t22-/m0/s1. The van der Waals surface area contributed by atoms with Crippen LogP contribution in [-0.2, 0) is 41.8 Å². The Balaban J connectivity index is 1.26. The van der Waals surface area contributed by atoms with Crippen LogP contribution < -0.4 is 5.32 Å². The summed E-state index contributed by atoms with van der Waals surface area (Å²) in [6, 6.07) is 8.39. The first-order valence-electron chi connectivity index (χ1n) is 11.5. The van der Waals surface area contributed by atoms with E-state index in [4.69, 9.17) is 0 Å². The van der Waals surface area contributed by atoms with E-state index in [0.29, 0.717) is 13.1 Å². The van der Waals surface area contributed by atoms with Crippen molar-refractivity contribution in [2.24, 2.45) is 0 Å². The Morgan fingerprint density at radius 3 is 2.71 bits per heavy atom. The van der Waals surface area contributed by atoms with Crippen molar-refractivity contribution in [2.45, 2.75) is 63.6 Å². The van der Waals surface area contributed by atoms with Gasteiger partial charge in [0.05, 0.1) is 24.7 Å². The summed E-state index contributed by atoms with van der Waals surface area (Å²) < 4.78 is 0. The SMILES string of the molecule is CN(Cc1n[nH]c2c1CCCC2)C(=O)C[C@H]1C(=O)NCCN1C1Cc2ccccc2C1. The smallest absolute Gasteiger partial charge is 0.237 e. The molecule has 2 heterocycles. The van der Waals surface area contributed by atoms with Crippen molar-refractivity contribution >= 4 is 11.8 Å². The third kappa shape index (κ3) is 3.99. The van der Waals surface area contributed by atoms with Crippen LogP contribution in [0.4, 0.5) is 0 Å². The molecule has 2 N–H and O–H groups in total. The summed E-state index contributed by atoms with van der Waals surface area (Å²) in [5.41, 5.74) is 6.21. The second kappa shape index (κ2) is 8.46.